The zero-order valence-electron chi connectivity index (χ0n) is 8.63. The molecule has 0 rings (SSSR count). The van der Waals surface area contributed by atoms with Crippen molar-refractivity contribution in [2.45, 2.75) is 27.7 Å². The third-order valence-electron chi connectivity index (χ3n) is 3.86. The molecule has 1 N–H and O–H groups in total. The Balaban J connectivity index is 5.12. The molecule has 0 radical (unpaired) electrons. The van der Waals surface area contributed by atoms with E-state index in [9.17, 15) is 9.90 Å². The summed E-state index contributed by atoms with van der Waals surface area (Å²) in [5, 5.41) is 9.33. The van der Waals surface area contributed by atoms with Crippen molar-refractivity contribution in [1.82, 2.24) is 0 Å². The van der Waals surface area contributed by atoms with Gasteiger partial charge in [-0.2, -0.15) is 0 Å². The van der Waals surface area contributed by atoms with Gasteiger partial charge < -0.3 is 0 Å². The molecule has 0 bridgehead atoms. The zero-order valence-corrected chi connectivity index (χ0v) is 9.53. The Morgan fingerprint density at radius 3 is 1.25 bits per heavy atom. The number of rotatable bonds is 5. The Labute approximate surface area is 75.3 Å². The van der Waals surface area contributed by atoms with Crippen molar-refractivity contribution in [2.24, 2.45) is 0 Å². The van der Waals surface area contributed by atoms with Gasteiger partial charge in [-0.05, 0) is 0 Å². The van der Waals surface area contributed by atoms with Crippen LogP contribution in [0.1, 0.15) is 27.7 Å². The van der Waals surface area contributed by atoms with Gasteiger partial charge in [-0.3, -0.25) is 0 Å². The summed E-state index contributed by atoms with van der Waals surface area (Å²) in [5.74, 6) is 0. The molecule has 0 aliphatic rings. The second-order valence-corrected chi connectivity index (χ2v) is 10.4. The number of hydrogen-bond donors (Lipinski definition) is 1. The van der Waals surface area contributed by atoms with Gasteiger partial charge in [0, 0.05) is 0 Å². The van der Waals surface area contributed by atoms with Gasteiger partial charge in [-0.1, -0.05) is 0 Å². The molecule has 3 heteroatoms. The molecule has 0 spiro atoms. The summed E-state index contributed by atoms with van der Waals surface area (Å²) in [7, 11) is 0. The second-order valence-electron chi connectivity index (χ2n) is 3.52. The first kappa shape index (κ1) is 11.9. The van der Waals surface area contributed by atoms with E-state index in [0.29, 0.717) is 0 Å². The van der Waals surface area contributed by atoms with Crippen molar-refractivity contribution in [3.63, 3.8) is 0 Å². The van der Waals surface area contributed by atoms with Gasteiger partial charge in [0.25, 0.3) is 0 Å². The molecule has 0 fully saturated rings. The molecule has 0 atom stereocenters. The molecule has 0 aromatic heterocycles. The van der Waals surface area contributed by atoms with E-state index in [1.165, 1.54) is 0 Å². The maximum atomic E-state index is 11.3. The van der Waals surface area contributed by atoms with Crippen molar-refractivity contribution < 1.29 is 9.90 Å². The quantitative estimate of drug-likeness (QED) is 0.678. The van der Waals surface area contributed by atoms with E-state index in [-0.39, 0.29) is 0 Å². The number of carboxylic acid groups (broad SMARTS) is 1. The van der Waals surface area contributed by atoms with E-state index in [4.69, 9.17) is 0 Å². The van der Waals surface area contributed by atoms with Crippen LogP contribution in [0.15, 0.2) is 0 Å². The first-order valence-corrected chi connectivity index (χ1v) is 7.72. The summed E-state index contributed by atoms with van der Waals surface area (Å²) < 4.78 is 0. The summed E-state index contributed by atoms with van der Waals surface area (Å²) in [5.41, 5.74) is -0.504. The minimum atomic E-state index is -2.37. The first-order chi connectivity index (χ1) is 5.51. The van der Waals surface area contributed by atoms with E-state index < -0.39 is 12.3 Å². The number of hydrogen-bond acceptors (Lipinski definition) is 1. The van der Waals surface area contributed by atoms with Gasteiger partial charge in [0.1, 0.15) is 0 Å². The molecule has 0 amide bonds. The summed E-state index contributed by atoms with van der Waals surface area (Å²) in [6.07, 6.45) is 3.41. The Kier molecular flexibility index (Phi) is 3.71. The van der Waals surface area contributed by atoms with E-state index >= 15 is 0 Å². The van der Waals surface area contributed by atoms with Gasteiger partial charge in [-0.25, -0.2) is 0 Å². The molecule has 74 valence electrons. The molecule has 0 unspecified atom stereocenters. The van der Waals surface area contributed by atoms with E-state index in [1.807, 2.05) is 27.7 Å². The van der Waals surface area contributed by atoms with Crippen molar-refractivity contribution in [3.05, 3.63) is 0 Å². The van der Waals surface area contributed by atoms with Gasteiger partial charge in [0.2, 0.25) is 0 Å². The third kappa shape index (κ3) is 1.37. The third-order valence-corrected chi connectivity index (χ3v) is 11.6. The molecule has 0 aliphatic heterocycles. The summed E-state index contributed by atoms with van der Waals surface area (Å²) >= 11 is 0. The van der Waals surface area contributed by atoms with E-state index in [2.05, 4.69) is 0 Å². The molecule has 0 saturated heterocycles. The Morgan fingerprint density at radius 2 is 1.25 bits per heavy atom. The fourth-order valence-electron chi connectivity index (χ4n) is 1.88. The molecule has 12 heavy (non-hydrogen) atoms. The monoisotopic (exact) mass is 192 g/mol. The number of carbonyl (C=O) groups is 1. The SMILES string of the molecule is CCP(CC)(CC)(CC)C(=O)O. The van der Waals surface area contributed by atoms with Gasteiger partial charge >= 0.3 is 74.6 Å². The van der Waals surface area contributed by atoms with Gasteiger partial charge in [0.05, 0.1) is 0 Å². The normalized spacial score (nSPS) is 15.2. The fourth-order valence-corrected chi connectivity index (χ4v) is 5.65. The average Bonchev–Trinajstić information content (AvgIpc) is 2.10. The standard InChI is InChI=1S/C9H21O2P/c1-5-12(6-2,7-3,8-4)9(10)11/h5-8H2,1-4H3,(H,10,11). The van der Waals surface area contributed by atoms with Crippen LogP contribution in [0.5, 0.6) is 0 Å². The van der Waals surface area contributed by atoms with Gasteiger partial charge in [0.15, 0.2) is 0 Å². The van der Waals surface area contributed by atoms with Gasteiger partial charge in [-0.15, -0.1) is 0 Å². The Hall–Kier alpha value is -0.100. The van der Waals surface area contributed by atoms with Crippen LogP contribution in [0.4, 0.5) is 4.79 Å². The topological polar surface area (TPSA) is 37.3 Å². The van der Waals surface area contributed by atoms with Crippen molar-refractivity contribution in [1.29, 1.82) is 0 Å². The van der Waals surface area contributed by atoms with Crippen LogP contribution in [0.2, 0.25) is 0 Å². The van der Waals surface area contributed by atoms with Crippen LogP contribution in [0.3, 0.4) is 0 Å². The van der Waals surface area contributed by atoms with Crippen molar-refractivity contribution in [3.8, 4) is 0 Å². The predicted octanol–water partition coefficient (Wildman–Crippen LogP) is 3.30. The van der Waals surface area contributed by atoms with Crippen LogP contribution in [-0.2, 0) is 0 Å². The molecule has 0 aliphatic carbocycles. The molecule has 0 heterocycles. The van der Waals surface area contributed by atoms with Crippen LogP contribution in [-0.4, -0.2) is 35.5 Å². The van der Waals surface area contributed by atoms with Crippen LogP contribution >= 0.6 is 6.60 Å². The molecular formula is C9H21O2P. The van der Waals surface area contributed by atoms with Crippen LogP contribution < -0.4 is 0 Å². The van der Waals surface area contributed by atoms with Crippen LogP contribution in [0.25, 0.3) is 0 Å². The Bertz CT molecular complexity index is 150. The summed E-state index contributed by atoms with van der Waals surface area (Å²) in [6.45, 7) is 5.75. The minimum absolute atomic E-state index is 0.504. The van der Waals surface area contributed by atoms with Crippen molar-refractivity contribution in [2.75, 3.05) is 24.6 Å². The second kappa shape index (κ2) is 3.74. The molecule has 0 aromatic rings. The molecular weight excluding hydrogens is 171 g/mol. The van der Waals surface area contributed by atoms with E-state index in [1.54, 1.807) is 0 Å². The molecule has 0 aromatic carbocycles. The average molecular weight is 192 g/mol. The summed E-state index contributed by atoms with van der Waals surface area (Å²) in [6, 6.07) is 0. The predicted molar refractivity (Wildman–Crippen MR) is 57.1 cm³/mol. The Morgan fingerprint density at radius 1 is 1.00 bits per heavy atom. The zero-order chi connectivity index (χ0) is 9.85. The first-order valence-electron chi connectivity index (χ1n) is 4.74. The fraction of sp³-hybridized carbons (Fsp3) is 0.889. The summed E-state index contributed by atoms with van der Waals surface area (Å²) in [4.78, 5) is 11.3. The maximum absolute atomic E-state index is 11.3. The van der Waals surface area contributed by atoms with Crippen LogP contribution in [0, 0.1) is 0 Å². The van der Waals surface area contributed by atoms with E-state index in [0.717, 1.165) is 24.6 Å². The molecule has 0 saturated carbocycles. The van der Waals surface area contributed by atoms with Crippen molar-refractivity contribution >= 4 is 12.3 Å². The molecule has 2 nitrogen and oxygen atoms in total.